The summed E-state index contributed by atoms with van der Waals surface area (Å²) in [6, 6.07) is -0.800. The Labute approximate surface area is 128 Å². The summed E-state index contributed by atoms with van der Waals surface area (Å²) in [4.78, 5) is 52.5. The first-order chi connectivity index (χ1) is 10.8. The predicted octanol–water partition coefficient (Wildman–Crippen LogP) is -1.58. The Morgan fingerprint density at radius 2 is 2.17 bits per heavy atom. The minimum absolute atomic E-state index is 0.0382. The molecule has 3 N–H and O–H groups in total. The van der Waals surface area contributed by atoms with Crippen LogP contribution in [0.1, 0.15) is 6.42 Å². The topological polar surface area (TPSA) is 171 Å². The van der Waals surface area contributed by atoms with E-state index in [0.29, 0.717) is 0 Å². The highest BCUT2D eigenvalue weighted by atomic mass is 31.2. The van der Waals surface area contributed by atoms with Gasteiger partial charge in [-0.05, 0) is 0 Å². The molecule has 3 atom stereocenters. The Balaban J connectivity index is 1.73. The molecule has 3 aliphatic heterocycles. The van der Waals surface area contributed by atoms with Crippen molar-refractivity contribution in [1.29, 1.82) is 0 Å². The number of hydrogen-bond donors (Lipinski definition) is 3. The fraction of sp³-hybridized carbons (Fsp3) is 0.500. The molecule has 0 bridgehead atoms. The summed E-state index contributed by atoms with van der Waals surface area (Å²) in [5, 5.41) is 9.88. The van der Waals surface area contributed by atoms with Crippen molar-refractivity contribution in [3.05, 3.63) is 0 Å². The summed E-state index contributed by atoms with van der Waals surface area (Å²) in [6.45, 7) is -0.565. The highest BCUT2D eigenvalue weighted by Crippen LogP contribution is 2.37. The second-order valence-corrected chi connectivity index (χ2v) is 6.07. The molecule has 0 radical (unpaired) electrons. The van der Waals surface area contributed by atoms with Crippen LogP contribution in [0.25, 0.3) is 0 Å². The van der Waals surface area contributed by atoms with E-state index in [0.717, 1.165) is 11.2 Å². The number of ether oxygens (including phenoxy) is 1. The van der Waals surface area contributed by atoms with Gasteiger partial charge in [-0.15, -0.1) is 0 Å². The molecule has 12 nitrogen and oxygen atoms in total. The van der Waals surface area contributed by atoms with Crippen molar-refractivity contribution in [2.24, 2.45) is 15.0 Å². The number of carbonyl (C=O) groups excluding carboxylic acids is 2. The lowest BCUT2D eigenvalue weighted by atomic mass is 10.2. The summed E-state index contributed by atoms with van der Waals surface area (Å²) in [5.74, 6) is -0.755. The molecule has 1 fully saturated rings. The normalized spacial score (nSPS) is 30.6. The van der Waals surface area contributed by atoms with Gasteiger partial charge in [0.1, 0.15) is 18.7 Å². The molecule has 0 aliphatic carbocycles. The Morgan fingerprint density at radius 1 is 1.43 bits per heavy atom. The van der Waals surface area contributed by atoms with E-state index in [1.165, 1.54) is 0 Å². The number of aliphatic hydroxyl groups is 1. The number of fused-ring (bicyclic) bond motifs is 1. The van der Waals surface area contributed by atoms with Gasteiger partial charge in [0.05, 0.1) is 12.7 Å². The van der Waals surface area contributed by atoms with Crippen LogP contribution < -0.4 is 0 Å². The summed E-state index contributed by atoms with van der Waals surface area (Å²) in [5.41, 5.74) is -0.217. The van der Waals surface area contributed by atoms with E-state index in [1.54, 1.807) is 0 Å². The monoisotopic (exact) mass is 346 g/mol. The Bertz CT molecular complexity index is 697. The van der Waals surface area contributed by atoms with Crippen molar-refractivity contribution in [2.75, 3.05) is 6.61 Å². The third-order valence-electron chi connectivity index (χ3n) is 3.31. The quantitative estimate of drug-likeness (QED) is 0.512. The van der Waals surface area contributed by atoms with Gasteiger partial charge in [0, 0.05) is 6.42 Å². The lowest BCUT2D eigenvalue weighted by Gasteiger charge is -2.23. The van der Waals surface area contributed by atoms with Crippen molar-refractivity contribution < 1.29 is 38.3 Å². The number of aliphatic hydroxyl groups excluding tert-OH is 1. The molecule has 3 heterocycles. The van der Waals surface area contributed by atoms with Crippen molar-refractivity contribution >= 4 is 37.6 Å². The molecular formula is C10H11N4O8P. The van der Waals surface area contributed by atoms with Crippen molar-refractivity contribution in [1.82, 2.24) is 4.90 Å². The standard InChI is InChI=1S/C10H11N4O8P/c15-4-1-6(22-5(4)2-21-23(18,19)20)14-8-7(13-10(14)17)9(16)12-3-11-8/h3-6,15H,1-2H2,(H2,18,19,20)/t4-,5+,6+/m0/s1. The zero-order chi connectivity index (χ0) is 16.8. The third-order valence-corrected chi connectivity index (χ3v) is 3.80. The summed E-state index contributed by atoms with van der Waals surface area (Å²) in [7, 11) is -4.71. The number of nitrogens with zero attached hydrogens (tertiary/aromatic N) is 4. The molecular weight excluding hydrogens is 335 g/mol. The molecule has 3 rings (SSSR count). The maximum Gasteiger partial charge on any atom is 0.469 e. The minimum atomic E-state index is -4.71. The predicted molar refractivity (Wildman–Crippen MR) is 72.9 cm³/mol. The van der Waals surface area contributed by atoms with Crippen molar-refractivity contribution in [3.8, 4) is 0 Å². The van der Waals surface area contributed by atoms with E-state index >= 15 is 0 Å². The Morgan fingerprint density at radius 3 is 2.87 bits per heavy atom. The van der Waals surface area contributed by atoms with Gasteiger partial charge in [0.2, 0.25) is 0 Å². The van der Waals surface area contributed by atoms with Gasteiger partial charge in [-0.25, -0.2) is 19.3 Å². The first-order valence-corrected chi connectivity index (χ1v) is 7.90. The van der Waals surface area contributed by atoms with Gasteiger partial charge in [-0.3, -0.25) is 9.32 Å². The van der Waals surface area contributed by atoms with Crippen LogP contribution in [0.15, 0.2) is 15.0 Å². The maximum absolute atomic E-state index is 11.9. The van der Waals surface area contributed by atoms with Crippen LogP contribution in [0.4, 0.5) is 4.79 Å². The molecule has 13 heteroatoms. The third kappa shape index (κ3) is 3.13. The van der Waals surface area contributed by atoms with Crippen LogP contribution in [0.5, 0.6) is 0 Å². The number of phosphoric ester groups is 1. The minimum Gasteiger partial charge on any atom is -0.390 e. The highest BCUT2D eigenvalue weighted by molar-refractivity contribution is 7.46. The molecule has 0 unspecified atom stereocenters. The molecule has 124 valence electrons. The Hall–Kier alpha value is -1.82. The summed E-state index contributed by atoms with van der Waals surface area (Å²) >= 11 is 0. The van der Waals surface area contributed by atoms with Crippen molar-refractivity contribution in [3.63, 3.8) is 0 Å². The zero-order valence-electron chi connectivity index (χ0n) is 11.3. The number of rotatable bonds is 4. The zero-order valence-corrected chi connectivity index (χ0v) is 12.2. The van der Waals surface area contributed by atoms with E-state index in [9.17, 15) is 19.3 Å². The van der Waals surface area contributed by atoms with E-state index < -0.39 is 44.8 Å². The first kappa shape index (κ1) is 16.1. The number of phosphoric acid groups is 1. The molecule has 0 spiro atoms. The number of carbonyl (C=O) groups is 2. The van der Waals surface area contributed by atoms with Gasteiger partial charge in [-0.2, -0.15) is 9.98 Å². The van der Waals surface area contributed by atoms with Crippen molar-refractivity contribution in [2.45, 2.75) is 24.9 Å². The molecule has 3 aliphatic rings. The summed E-state index contributed by atoms with van der Waals surface area (Å²) in [6.07, 6.45) is -2.27. The van der Waals surface area contributed by atoms with Gasteiger partial charge < -0.3 is 19.6 Å². The van der Waals surface area contributed by atoms with Gasteiger partial charge >= 0.3 is 19.8 Å². The molecule has 0 saturated carbocycles. The number of aliphatic imine (C=N–C) groups is 3. The Kier molecular flexibility index (Phi) is 3.96. The van der Waals surface area contributed by atoms with E-state index in [-0.39, 0.29) is 18.0 Å². The second-order valence-electron chi connectivity index (χ2n) is 4.83. The van der Waals surface area contributed by atoms with Crippen LogP contribution in [0, 0.1) is 0 Å². The molecule has 23 heavy (non-hydrogen) atoms. The van der Waals surface area contributed by atoms with E-state index in [2.05, 4.69) is 19.5 Å². The largest absolute Gasteiger partial charge is 0.469 e. The molecule has 0 aromatic heterocycles. The van der Waals surface area contributed by atoms with E-state index in [4.69, 9.17) is 14.5 Å². The smallest absolute Gasteiger partial charge is 0.390 e. The van der Waals surface area contributed by atoms with Crippen LogP contribution in [0.3, 0.4) is 0 Å². The lowest BCUT2D eigenvalue weighted by molar-refractivity contribution is -0.111. The summed E-state index contributed by atoms with van der Waals surface area (Å²) < 4.78 is 20.4. The fourth-order valence-electron chi connectivity index (χ4n) is 2.32. The van der Waals surface area contributed by atoms with Gasteiger partial charge in [0.15, 0.2) is 11.5 Å². The molecule has 0 aromatic rings. The average Bonchev–Trinajstić information content (AvgIpc) is 2.96. The van der Waals surface area contributed by atoms with E-state index in [1.807, 2.05) is 0 Å². The molecule has 3 amide bonds. The second kappa shape index (κ2) is 5.67. The fourth-order valence-corrected chi connectivity index (χ4v) is 2.66. The molecule has 0 aromatic carbocycles. The lowest BCUT2D eigenvalue weighted by Crippen LogP contribution is -2.44. The van der Waals surface area contributed by atoms with Crippen LogP contribution in [0.2, 0.25) is 0 Å². The molecule has 1 saturated heterocycles. The number of amides is 3. The number of urea groups is 1. The first-order valence-electron chi connectivity index (χ1n) is 6.37. The number of hydrogen-bond acceptors (Lipinski definition) is 7. The van der Waals surface area contributed by atoms with Crippen LogP contribution in [-0.4, -0.2) is 74.7 Å². The average molecular weight is 346 g/mol. The van der Waals surface area contributed by atoms with Gasteiger partial charge in [0.25, 0.3) is 0 Å². The van der Waals surface area contributed by atoms with Gasteiger partial charge in [-0.1, -0.05) is 0 Å². The SMILES string of the molecule is O=C1N=CN=C2C1=NC(=O)N2[C@H]1C[C@H](O)[C@@H](COP(=O)(O)O)O1. The number of amidine groups is 1. The van der Waals surface area contributed by atoms with Crippen LogP contribution in [-0.2, 0) is 18.6 Å². The van der Waals surface area contributed by atoms with Crippen LogP contribution >= 0.6 is 7.82 Å². The highest BCUT2D eigenvalue weighted by Gasteiger charge is 2.46. The maximum atomic E-state index is 11.9.